The summed E-state index contributed by atoms with van der Waals surface area (Å²) in [7, 11) is 0. The molecule has 2 aromatic rings. The number of hydrazone groups is 1. The average Bonchev–Trinajstić information content (AvgIpc) is 2.80. The van der Waals surface area contributed by atoms with Gasteiger partial charge in [-0.2, -0.15) is 5.10 Å². The molecule has 2 rings (SSSR count). The molecule has 2 aromatic heterocycles. The first-order chi connectivity index (χ1) is 9.69. The largest absolute Gasteiger partial charge is 0.273 e. The Kier molecular flexibility index (Phi) is 5.43. The second kappa shape index (κ2) is 7.31. The van der Waals surface area contributed by atoms with Gasteiger partial charge in [0.15, 0.2) is 0 Å². The maximum absolute atomic E-state index is 11.7. The number of amides is 1. The van der Waals surface area contributed by atoms with E-state index in [0.29, 0.717) is 0 Å². The third-order valence-corrected chi connectivity index (χ3v) is 4.75. The average molecular weight is 352 g/mol. The normalized spacial score (nSPS) is 10.9. The van der Waals surface area contributed by atoms with E-state index in [0.717, 1.165) is 21.3 Å². The molecule has 0 bridgehead atoms. The molecule has 0 aromatic carbocycles. The number of hydrogen-bond acceptors (Lipinski definition) is 4. The highest BCUT2D eigenvalue weighted by Crippen LogP contribution is 2.26. The van der Waals surface area contributed by atoms with Crippen molar-refractivity contribution in [2.24, 2.45) is 5.10 Å². The van der Waals surface area contributed by atoms with Crippen molar-refractivity contribution in [3.05, 3.63) is 50.4 Å². The van der Waals surface area contributed by atoms with Gasteiger partial charge in [-0.15, -0.1) is 11.3 Å². The van der Waals surface area contributed by atoms with Crippen LogP contribution in [0.3, 0.4) is 0 Å². The summed E-state index contributed by atoms with van der Waals surface area (Å²) in [6.07, 6.45) is 6.27. The first kappa shape index (κ1) is 14.9. The van der Waals surface area contributed by atoms with Crippen molar-refractivity contribution in [1.29, 1.82) is 0 Å². The number of nitrogens with zero attached hydrogens (tertiary/aromatic N) is 2. The third-order valence-electron chi connectivity index (χ3n) is 2.57. The van der Waals surface area contributed by atoms with Gasteiger partial charge in [0.25, 0.3) is 0 Å². The second-order valence-corrected chi connectivity index (χ2v) is 6.13. The van der Waals surface area contributed by atoms with Crippen LogP contribution in [0, 0.1) is 0 Å². The fourth-order valence-corrected chi connectivity index (χ4v) is 3.41. The van der Waals surface area contributed by atoms with Crippen LogP contribution in [-0.2, 0) is 17.6 Å². The van der Waals surface area contributed by atoms with E-state index in [-0.39, 0.29) is 12.3 Å². The summed E-state index contributed by atoms with van der Waals surface area (Å²) in [5, 5.41) is 3.97. The maximum atomic E-state index is 11.7. The van der Waals surface area contributed by atoms with Crippen molar-refractivity contribution in [3.63, 3.8) is 0 Å². The van der Waals surface area contributed by atoms with Crippen molar-refractivity contribution in [3.8, 4) is 0 Å². The zero-order valence-corrected chi connectivity index (χ0v) is 13.4. The molecule has 1 N–H and O–H groups in total. The Morgan fingerprint density at radius 3 is 3.10 bits per heavy atom. The highest BCUT2D eigenvalue weighted by molar-refractivity contribution is 9.10. The lowest BCUT2D eigenvalue weighted by Crippen LogP contribution is -2.19. The second-order valence-electron chi connectivity index (χ2n) is 4.10. The van der Waals surface area contributed by atoms with Crippen LogP contribution in [0.15, 0.2) is 40.2 Å². The highest BCUT2D eigenvalue weighted by Gasteiger charge is 2.04. The monoisotopic (exact) mass is 351 g/mol. The predicted molar refractivity (Wildman–Crippen MR) is 85.1 cm³/mol. The fraction of sp³-hybridized carbons (Fsp3) is 0.214. The summed E-state index contributed by atoms with van der Waals surface area (Å²) >= 11 is 5.15. The number of thiophene rings is 1. The van der Waals surface area contributed by atoms with Gasteiger partial charge in [-0.3, -0.25) is 9.78 Å². The number of hydrogen-bond donors (Lipinski definition) is 1. The molecule has 0 fully saturated rings. The number of aryl methyl sites for hydroxylation is 1. The summed E-state index contributed by atoms with van der Waals surface area (Å²) in [6, 6.07) is 5.67. The number of carbonyl (C=O) groups is 1. The zero-order chi connectivity index (χ0) is 14.4. The van der Waals surface area contributed by atoms with Gasteiger partial charge in [0.05, 0.1) is 12.6 Å². The fourth-order valence-electron chi connectivity index (χ4n) is 1.63. The SMILES string of the molecule is CCc1sc(C=NNC(=O)Cc2cccnc2)cc1Br. The summed E-state index contributed by atoms with van der Waals surface area (Å²) in [4.78, 5) is 17.9. The van der Waals surface area contributed by atoms with Gasteiger partial charge in [-0.05, 0) is 40.0 Å². The first-order valence-corrected chi connectivity index (χ1v) is 7.79. The van der Waals surface area contributed by atoms with Crippen LogP contribution >= 0.6 is 27.3 Å². The summed E-state index contributed by atoms with van der Waals surface area (Å²) < 4.78 is 1.09. The van der Waals surface area contributed by atoms with Crippen LogP contribution in [0.4, 0.5) is 0 Å². The Hall–Kier alpha value is -1.53. The van der Waals surface area contributed by atoms with Gasteiger partial charge >= 0.3 is 0 Å². The van der Waals surface area contributed by atoms with Crippen LogP contribution in [0.1, 0.15) is 22.2 Å². The third kappa shape index (κ3) is 4.25. The minimum atomic E-state index is -0.152. The summed E-state index contributed by atoms with van der Waals surface area (Å²) in [5.41, 5.74) is 3.39. The van der Waals surface area contributed by atoms with E-state index in [4.69, 9.17) is 0 Å². The lowest BCUT2D eigenvalue weighted by atomic mass is 10.2. The van der Waals surface area contributed by atoms with E-state index in [9.17, 15) is 4.79 Å². The Morgan fingerprint density at radius 1 is 1.60 bits per heavy atom. The number of nitrogens with one attached hydrogen (secondary N) is 1. The Morgan fingerprint density at radius 2 is 2.45 bits per heavy atom. The molecule has 0 spiro atoms. The zero-order valence-electron chi connectivity index (χ0n) is 11.0. The van der Waals surface area contributed by atoms with Gasteiger partial charge in [0.2, 0.25) is 5.91 Å². The highest BCUT2D eigenvalue weighted by atomic mass is 79.9. The number of carbonyl (C=O) groups excluding carboxylic acids is 1. The summed E-state index contributed by atoms with van der Waals surface area (Å²) in [6.45, 7) is 2.10. The van der Waals surface area contributed by atoms with Crippen LogP contribution in [0.25, 0.3) is 0 Å². The molecule has 0 atom stereocenters. The van der Waals surface area contributed by atoms with Crippen molar-refractivity contribution in [2.45, 2.75) is 19.8 Å². The number of aromatic nitrogens is 1. The molecular weight excluding hydrogens is 338 g/mol. The topological polar surface area (TPSA) is 54.4 Å². The first-order valence-electron chi connectivity index (χ1n) is 6.18. The van der Waals surface area contributed by atoms with Crippen LogP contribution in [0.2, 0.25) is 0 Å². The minimum Gasteiger partial charge on any atom is -0.273 e. The molecule has 2 heterocycles. The van der Waals surface area contributed by atoms with E-state index < -0.39 is 0 Å². The number of halogens is 1. The van der Waals surface area contributed by atoms with E-state index in [2.05, 4.69) is 38.4 Å². The van der Waals surface area contributed by atoms with Crippen molar-refractivity contribution < 1.29 is 4.79 Å². The van der Waals surface area contributed by atoms with E-state index >= 15 is 0 Å². The van der Waals surface area contributed by atoms with Crippen molar-refractivity contribution in [2.75, 3.05) is 0 Å². The molecule has 1 amide bonds. The van der Waals surface area contributed by atoms with Gasteiger partial charge in [0.1, 0.15) is 0 Å². The Labute approximate surface area is 130 Å². The smallest absolute Gasteiger partial charge is 0.244 e. The Bertz CT molecular complexity index is 610. The lowest BCUT2D eigenvalue weighted by Gasteiger charge is -1.98. The van der Waals surface area contributed by atoms with Gasteiger partial charge in [-0.1, -0.05) is 13.0 Å². The predicted octanol–water partition coefficient (Wildman–Crippen LogP) is 3.16. The maximum Gasteiger partial charge on any atom is 0.244 e. The van der Waals surface area contributed by atoms with Crippen LogP contribution < -0.4 is 5.43 Å². The molecule has 0 aliphatic heterocycles. The molecule has 6 heteroatoms. The molecular formula is C14H14BrN3OS. The van der Waals surface area contributed by atoms with Crippen LogP contribution in [0.5, 0.6) is 0 Å². The molecule has 0 aliphatic rings. The molecule has 0 saturated heterocycles. The quantitative estimate of drug-likeness (QED) is 0.664. The summed E-state index contributed by atoms with van der Waals surface area (Å²) in [5.74, 6) is -0.152. The van der Waals surface area contributed by atoms with E-state index in [1.165, 1.54) is 4.88 Å². The molecule has 0 aliphatic carbocycles. The molecule has 0 unspecified atom stereocenters. The van der Waals surface area contributed by atoms with Crippen molar-refractivity contribution in [1.82, 2.24) is 10.4 Å². The number of rotatable bonds is 5. The lowest BCUT2D eigenvalue weighted by molar-refractivity contribution is -0.120. The molecule has 20 heavy (non-hydrogen) atoms. The minimum absolute atomic E-state index is 0.152. The molecule has 104 valence electrons. The van der Waals surface area contributed by atoms with Gasteiger partial charge < -0.3 is 0 Å². The van der Waals surface area contributed by atoms with Gasteiger partial charge in [0, 0.05) is 26.6 Å². The van der Waals surface area contributed by atoms with Crippen molar-refractivity contribution >= 4 is 39.4 Å². The van der Waals surface area contributed by atoms with Gasteiger partial charge in [-0.25, -0.2) is 5.43 Å². The van der Waals surface area contributed by atoms with E-state index in [1.54, 1.807) is 36.0 Å². The standard InChI is InChI=1S/C14H14BrN3OS/c1-2-13-12(15)7-11(20-13)9-17-18-14(19)6-10-4-3-5-16-8-10/h3-5,7-9H,2,6H2,1H3,(H,18,19). The molecule has 0 saturated carbocycles. The van der Waals surface area contributed by atoms with Crippen LogP contribution in [-0.4, -0.2) is 17.1 Å². The number of pyridine rings is 1. The molecule has 0 radical (unpaired) electrons. The molecule has 4 nitrogen and oxygen atoms in total. The van der Waals surface area contributed by atoms with E-state index in [1.807, 2.05) is 12.1 Å². The Balaban J connectivity index is 1.88.